The van der Waals surface area contributed by atoms with Gasteiger partial charge in [-0.15, -0.1) is 0 Å². The summed E-state index contributed by atoms with van der Waals surface area (Å²) in [5.41, 5.74) is 4.02. The van der Waals surface area contributed by atoms with Crippen LogP contribution in [-0.4, -0.2) is 17.7 Å². The zero-order valence-electron chi connectivity index (χ0n) is 12.6. The van der Waals surface area contributed by atoms with Gasteiger partial charge in [0.2, 0.25) is 0 Å². The van der Waals surface area contributed by atoms with E-state index in [9.17, 15) is 0 Å². The van der Waals surface area contributed by atoms with Crippen molar-refractivity contribution in [2.24, 2.45) is 7.05 Å². The van der Waals surface area contributed by atoms with Crippen molar-refractivity contribution in [3.63, 3.8) is 0 Å². The van der Waals surface area contributed by atoms with E-state index < -0.39 is 0 Å². The number of ether oxygens (including phenoxy) is 1. The van der Waals surface area contributed by atoms with Gasteiger partial charge in [0.25, 0.3) is 0 Å². The van der Waals surface area contributed by atoms with E-state index in [0.29, 0.717) is 6.61 Å². The quantitative estimate of drug-likeness (QED) is 0.754. The van der Waals surface area contributed by atoms with Gasteiger partial charge in [-0.1, -0.05) is 0 Å². The first-order valence-electron chi connectivity index (χ1n) is 7.11. The van der Waals surface area contributed by atoms with E-state index in [1.165, 1.54) is 17.0 Å². The molecule has 0 spiro atoms. The van der Waals surface area contributed by atoms with E-state index in [0.717, 1.165) is 31.9 Å². The Balaban J connectivity index is 1.56. The molecule has 0 fully saturated rings. The minimum Gasteiger partial charge on any atom is -0.467 e. The first-order chi connectivity index (χ1) is 9.68. The van der Waals surface area contributed by atoms with E-state index in [2.05, 4.69) is 36.8 Å². The van der Waals surface area contributed by atoms with Gasteiger partial charge in [-0.2, -0.15) is 0 Å². The van der Waals surface area contributed by atoms with Crippen LogP contribution in [0.3, 0.4) is 0 Å². The van der Waals surface area contributed by atoms with Crippen LogP contribution >= 0.6 is 0 Å². The lowest BCUT2D eigenvalue weighted by molar-refractivity contribution is 0.104. The number of aryl methyl sites for hydroxylation is 1. The third-order valence-corrected chi connectivity index (χ3v) is 3.66. The summed E-state index contributed by atoms with van der Waals surface area (Å²) in [4.78, 5) is 0. The highest BCUT2D eigenvalue weighted by Gasteiger charge is 2.04. The molecule has 4 nitrogen and oxygen atoms in total. The number of furan rings is 1. The van der Waals surface area contributed by atoms with Crippen molar-refractivity contribution < 1.29 is 9.15 Å². The van der Waals surface area contributed by atoms with Crippen LogP contribution < -0.4 is 5.32 Å². The summed E-state index contributed by atoms with van der Waals surface area (Å²) in [6.45, 7) is 7.50. The molecule has 0 unspecified atom stereocenters. The third kappa shape index (κ3) is 3.99. The minimum absolute atomic E-state index is 0.560. The molecule has 0 aliphatic rings. The monoisotopic (exact) mass is 276 g/mol. The first-order valence-corrected chi connectivity index (χ1v) is 7.11. The second kappa shape index (κ2) is 7.31. The van der Waals surface area contributed by atoms with Crippen molar-refractivity contribution in [3.8, 4) is 0 Å². The molecule has 0 amide bonds. The predicted octanol–water partition coefficient (Wildman–Crippen LogP) is 2.93. The summed E-state index contributed by atoms with van der Waals surface area (Å²) in [6, 6.07) is 6.05. The fourth-order valence-electron chi connectivity index (χ4n) is 2.20. The Hall–Kier alpha value is -1.52. The van der Waals surface area contributed by atoms with E-state index in [1.54, 1.807) is 6.26 Å². The molecule has 2 aromatic heterocycles. The Morgan fingerprint density at radius 3 is 2.85 bits per heavy atom. The van der Waals surface area contributed by atoms with Gasteiger partial charge in [0.1, 0.15) is 12.4 Å². The maximum atomic E-state index is 5.54. The van der Waals surface area contributed by atoms with Crippen molar-refractivity contribution in [2.75, 3.05) is 13.2 Å². The summed E-state index contributed by atoms with van der Waals surface area (Å²) in [7, 11) is 2.11. The topological polar surface area (TPSA) is 39.3 Å². The molecule has 0 bridgehead atoms. The Bertz CT molecular complexity index is 515. The summed E-state index contributed by atoms with van der Waals surface area (Å²) in [5, 5.41) is 3.46. The number of nitrogens with zero attached hydrogens (tertiary/aromatic N) is 1. The minimum atomic E-state index is 0.560. The fourth-order valence-corrected chi connectivity index (χ4v) is 2.20. The van der Waals surface area contributed by atoms with Crippen LogP contribution in [0.4, 0.5) is 0 Å². The van der Waals surface area contributed by atoms with E-state index in [1.807, 2.05) is 12.1 Å². The van der Waals surface area contributed by atoms with E-state index in [-0.39, 0.29) is 0 Å². The summed E-state index contributed by atoms with van der Waals surface area (Å²) >= 11 is 0. The number of nitrogens with one attached hydrogen (secondary N) is 1. The van der Waals surface area contributed by atoms with E-state index >= 15 is 0 Å². The van der Waals surface area contributed by atoms with Crippen LogP contribution in [0.15, 0.2) is 28.9 Å². The Morgan fingerprint density at radius 1 is 1.35 bits per heavy atom. The molecular weight excluding hydrogens is 252 g/mol. The van der Waals surface area contributed by atoms with Crippen molar-refractivity contribution in [1.82, 2.24) is 9.88 Å². The summed E-state index contributed by atoms with van der Waals surface area (Å²) in [5.74, 6) is 0.883. The number of hydrogen-bond acceptors (Lipinski definition) is 3. The summed E-state index contributed by atoms with van der Waals surface area (Å²) in [6.07, 6.45) is 2.68. The van der Waals surface area contributed by atoms with Gasteiger partial charge in [-0.3, -0.25) is 0 Å². The van der Waals surface area contributed by atoms with Gasteiger partial charge in [0.05, 0.1) is 6.26 Å². The van der Waals surface area contributed by atoms with Crippen molar-refractivity contribution in [2.45, 2.75) is 33.4 Å². The molecule has 0 aromatic carbocycles. The lowest BCUT2D eigenvalue weighted by Crippen LogP contribution is -2.16. The van der Waals surface area contributed by atoms with Gasteiger partial charge < -0.3 is 19.0 Å². The highest BCUT2D eigenvalue weighted by molar-refractivity contribution is 5.26. The molecule has 2 heterocycles. The van der Waals surface area contributed by atoms with Crippen LogP contribution in [0.1, 0.15) is 29.1 Å². The van der Waals surface area contributed by atoms with Gasteiger partial charge >= 0.3 is 0 Å². The highest BCUT2D eigenvalue weighted by atomic mass is 16.5. The predicted molar refractivity (Wildman–Crippen MR) is 79.6 cm³/mol. The zero-order valence-corrected chi connectivity index (χ0v) is 12.6. The van der Waals surface area contributed by atoms with Crippen molar-refractivity contribution >= 4 is 0 Å². The standard InChI is InChI=1S/C16H24N2O2/c1-13-10-15(14(2)18(13)3)11-17-7-5-8-19-12-16-6-4-9-20-16/h4,6,9-10,17H,5,7-8,11-12H2,1-3H3. The molecule has 2 aromatic rings. The van der Waals surface area contributed by atoms with Crippen molar-refractivity contribution in [3.05, 3.63) is 47.2 Å². The Labute approximate surface area is 120 Å². The Kier molecular flexibility index (Phi) is 5.44. The maximum Gasteiger partial charge on any atom is 0.129 e. The van der Waals surface area contributed by atoms with Gasteiger partial charge in [-0.25, -0.2) is 0 Å². The van der Waals surface area contributed by atoms with Gasteiger partial charge in [0.15, 0.2) is 0 Å². The smallest absolute Gasteiger partial charge is 0.129 e. The SMILES string of the molecule is Cc1cc(CNCCCOCc2ccco2)c(C)n1C. The van der Waals surface area contributed by atoms with Crippen LogP contribution in [-0.2, 0) is 24.9 Å². The lowest BCUT2D eigenvalue weighted by Gasteiger charge is -2.06. The molecule has 0 aliphatic heterocycles. The molecule has 20 heavy (non-hydrogen) atoms. The van der Waals surface area contributed by atoms with Crippen LogP contribution in [0, 0.1) is 13.8 Å². The molecular formula is C16H24N2O2. The third-order valence-electron chi connectivity index (χ3n) is 3.66. The first kappa shape index (κ1) is 14.9. The lowest BCUT2D eigenvalue weighted by atomic mass is 10.2. The maximum absolute atomic E-state index is 5.54. The number of rotatable bonds is 8. The average molecular weight is 276 g/mol. The van der Waals surface area contributed by atoms with Crippen LogP contribution in [0.2, 0.25) is 0 Å². The average Bonchev–Trinajstić information content (AvgIpc) is 3.03. The largest absolute Gasteiger partial charge is 0.467 e. The van der Waals surface area contributed by atoms with Crippen LogP contribution in [0.5, 0.6) is 0 Å². The summed E-state index contributed by atoms with van der Waals surface area (Å²) < 4.78 is 13.0. The second-order valence-electron chi connectivity index (χ2n) is 5.12. The Morgan fingerprint density at radius 2 is 2.20 bits per heavy atom. The van der Waals surface area contributed by atoms with Crippen molar-refractivity contribution in [1.29, 1.82) is 0 Å². The molecule has 0 saturated carbocycles. The molecule has 1 N–H and O–H groups in total. The normalized spacial score (nSPS) is 11.2. The molecule has 0 atom stereocenters. The molecule has 110 valence electrons. The molecule has 0 saturated heterocycles. The van der Waals surface area contributed by atoms with Crippen LogP contribution in [0.25, 0.3) is 0 Å². The number of aromatic nitrogens is 1. The van der Waals surface area contributed by atoms with E-state index in [4.69, 9.17) is 9.15 Å². The van der Waals surface area contributed by atoms with Gasteiger partial charge in [-0.05, 0) is 50.6 Å². The molecule has 2 rings (SSSR count). The molecule has 4 heteroatoms. The van der Waals surface area contributed by atoms with Gasteiger partial charge in [0, 0.05) is 31.6 Å². The highest BCUT2D eigenvalue weighted by Crippen LogP contribution is 2.12. The fraction of sp³-hybridized carbons (Fsp3) is 0.500. The molecule has 0 radical (unpaired) electrons. The molecule has 0 aliphatic carbocycles. The zero-order chi connectivity index (χ0) is 14.4. The second-order valence-corrected chi connectivity index (χ2v) is 5.12. The number of hydrogen-bond donors (Lipinski definition) is 1.